The highest BCUT2D eigenvalue weighted by atomic mass is 35.5. The van der Waals surface area contributed by atoms with Gasteiger partial charge in [0.25, 0.3) is 0 Å². The molecule has 3 atom stereocenters. The fourth-order valence-electron chi connectivity index (χ4n) is 4.21. The van der Waals surface area contributed by atoms with Crippen LogP contribution in [0.1, 0.15) is 24.4 Å². The van der Waals surface area contributed by atoms with Gasteiger partial charge in [0, 0.05) is 30.7 Å². The number of hydrogen-bond donors (Lipinski definition) is 3. The second-order valence-corrected chi connectivity index (χ2v) is 8.49. The van der Waals surface area contributed by atoms with Gasteiger partial charge in [-0.25, -0.2) is 0 Å². The molecule has 1 amide bonds. The van der Waals surface area contributed by atoms with Gasteiger partial charge in [-0.2, -0.15) is 0 Å². The van der Waals surface area contributed by atoms with E-state index in [0.29, 0.717) is 29.7 Å². The van der Waals surface area contributed by atoms with Gasteiger partial charge in [-0.3, -0.25) is 9.69 Å². The zero-order valence-electron chi connectivity index (χ0n) is 17.2. The number of rotatable bonds is 7. The molecule has 2 heterocycles. The first-order valence-electron chi connectivity index (χ1n) is 10.6. The molecule has 31 heavy (non-hydrogen) atoms. The molecule has 7 nitrogen and oxygen atoms in total. The van der Waals surface area contributed by atoms with Gasteiger partial charge < -0.3 is 25.6 Å². The molecule has 0 aliphatic carbocycles. The van der Waals surface area contributed by atoms with Crippen LogP contribution in [0, 0.1) is 0 Å². The average Bonchev–Trinajstić information content (AvgIpc) is 2.79. The zero-order chi connectivity index (χ0) is 21.8. The highest BCUT2D eigenvalue weighted by molar-refractivity contribution is 6.30. The van der Waals surface area contributed by atoms with Gasteiger partial charge in [0.1, 0.15) is 18.8 Å². The lowest BCUT2D eigenvalue weighted by Crippen LogP contribution is -2.50. The summed E-state index contributed by atoms with van der Waals surface area (Å²) in [6.07, 6.45) is 0.620. The first kappa shape index (κ1) is 21.9. The number of primary amides is 1. The zero-order valence-corrected chi connectivity index (χ0v) is 18.0. The van der Waals surface area contributed by atoms with E-state index < -0.39 is 18.2 Å². The van der Waals surface area contributed by atoms with E-state index in [0.717, 1.165) is 31.5 Å². The van der Waals surface area contributed by atoms with Gasteiger partial charge in [-0.05, 0) is 42.7 Å². The Kier molecular flexibility index (Phi) is 6.97. The number of likely N-dealkylation sites (tertiary alicyclic amines) is 1. The van der Waals surface area contributed by atoms with E-state index in [4.69, 9.17) is 26.8 Å². The monoisotopic (exact) mass is 445 g/mol. The number of carbonyl (C=O) groups is 1. The number of carbonyl (C=O) groups excluding carboxylic acids is 1. The number of para-hydroxylation sites is 2. The number of ether oxygens (including phenoxy) is 2. The van der Waals surface area contributed by atoms with Crippen LogP contribution < -0.4 is 20.5 Å². The number of fused-ring (bicyclic) bond motifs is 1. The fraction of sp³-hybridized carbons (Fsp3) is 0.435. The lowest BCUT2D eigenvalue weighted by molar-refractivity contribution is -0.124. The Bertz CT molecular complexity index is 887. The maximum atomic E-state index is 12.1. The number of hydrogen-bond acceptors (Lipinski definition) is 6. The molecule has 4 N–H and O–H groups in total. The minimum absolute atomic E-state index is 0.251. The lowest BCUT2D eigenvalue weighted by atomic mass is 9.98. The number of aliphatic hydroxyl groups excluding tert-OH is 1. The van der Waals surface area contributed by atoms with Gasteiger partial charge in [0.2, 0.25) is 5.91 Å². The number of aliphatic hydroxyl groups is 1. The quantitative estimate of drug-likeness (QED) is 0.604. The number of nitrogens with two attached hydrogens (primary N) is 1. The molecular weight excluding hydrogens is 418 g/mol. The van der Waals surface area contributed by atoms with Crippen LogP contribution in [-0.2, 0) is 4.79 Å². The molecule has 4 rings (SSSR count). The van der Waals surface area contributed by atoms with Crippen LogP contribution in [-0.4, -0.2) is 60.4 Å². The van der Waals surface area contributed by atoms with Crippen LogP contribution in [0.5, 0.6) is 11.5 Å². The summed E-state index contributed by atoms with van der Waals surface area (Å²) in [6, 6.07) is 14.5. The van der Waals surface area contributed by atoms with Gasteiger partial charge in [0.15, 0.2) is 17.6 Å². The summed E-state index contributed by atoms with van der Waals surface area (Å²) >= 11 is 5.97. The molecule has 166 valence electrons. The molecule has 1 fully saturated rings. The topological polar surface area (TPSA) is 97.1 Å². The smallest absolute Gasteiger partial charge is 0.239 e. The minimum Gasteiger partial charge on any atom is -0.486 e. The van der Waals surface area contributed by atoms with Crippen molar-refractivity contribution in [3.63, 3.8) is 0 Å². The summed E-state index contributed by atoms with van der Waals surface area (Å²) < 4.78 is 11.6. The molecule has 1 saturated heterocycles. The van der Waals surface area contributed by atoms with E-state index in [1.165, 1.54) is 0 Å². The Labute approximate surface area is 187 Å². The van der Waals surface area contributed by atoms with Crippen LogP contribution in [0.2, 0.25) is 5.02 Å². The second kappa shape index (κ2) is 9.87. The Morgan fingerprint density at radius 2 is 1.84 bits per heavy atom. The second-order valence-electron chi connectivity index (χ2n) is 8.06. The standard InChI is InChI=1S/C23H28ClN3O4/c24-16-7-5-15(6-8-16)22(23(25)29)27-11-9-17(10-12-27)26-13-18(28)21-14-30-19-3-1-2-4-20(19)31-21/h1-8,17-18,21-22,26,28H,9-14H2,(H2,25,29). The molecule has 0 spiro atoms. The van der Waals surface area contributed by atoms with E-state index >= 15 is 0 Å². The lowest BCUT2D eigenvalue weighted by Gasteiger charge is -2.37. The van der Waals surface area contributed by atoms with E-state index in [-0.39, 0.29) is 11.9 Å². The number of benzene rings is 2. The number of nitrogens with zero attached hydrogens (tertiary/aromatic N) is 1. The minimum atomic E-state index is -0.682. The molecule has 0 radical (unpaired) electrons. The van der Waals surface area contributed by atoms with Crippen molar-refractivity contribution in [1.82, 2.24) is 10.2 Å². The van der Waals surface area contributed by atoms with Crippen molar-refractivity contribution in [2.45, 2.75) is 37.1 Å². The summed E-state index contributed by atoms with van der Waals surface area (Å²) in [5.74, 6) is 1.00. The van der Waals surface area contributed by atoms with E-state index in [9.17, 15) is 9.90 Å². The Morgan fingerprint density at radius 3 is 2.52 bits per heavy atom. The van der Waals surface area contributed by atoms with Crippen LogP contribution in [0.15, 0.2) is 48.5 Å². The average molecular weight is 446 g/mol. The number of halogens is 1. The van der Waals surface area contributed by atoms with Crippen molar-refractivity contribution in [2.24, 2.45) is 5.73 Å². The van der Waals surface area contributed by atoms with E-state index in [1.807, 2.05) is 36.4 Å². The number of piperidine rings is 1. The summed E-state index contributed by atoms with van der Waals surface area (Å²) in [5, 5.41) is 14.6. The third-order valence-corrected chi connectivity index (χ3v) is 6.18. The van der Waals surface area contributed by atoms with Crippen molar-refractivity contribution < 1.29 is 19.4 Å². The van der Waals surface area contributed by atoms with E-state index in [2.05, 4.69) is 10.2 Å². The molecule has 2 aliphatic heterocycles. The predicted octanol–water partition coefficient (Wildman–Crippen LogP) is 2.12. The van der Waals surface area contributed by atoms with Crippen LogP contribution >= 0.6 is 11.6 Å². The maximum Gasteiger partial charge on any atom is 0.239 e. The molecule has 0 bridgehead atoms. The summed E-state index contributed by atoms with van der Waals surface area (Å²) in [4.78, 5) is 14.2. The van der Waals surface area contributed by atoms with E-state index in [1.54, 1.807) is 12.1 Å². The molecule has 8 heteroatoms. The fourth-order valence-corrected chi connectivity index (χ4v) is 4.33. The van der Waals surface area contributed by atoms with Crippen LogP contribution in [0.4, 0.5) is 0 Å². The molecule has 0 saturated carbocycles. The van der Waals surface area contributed by atoms with Crippen molar-refractivity contribution in [3.05, 3.63) is 59.1 Å². The summed E-state index contributed by atoms with van der Waals surface area (Å²) in [7, 11) is 0. The van der Waals surface area contributed by atoms with Crippen molar-refractivity contribution >= 4 is 17.5 Å². The van der Waals surface area contributed by atoms with Crippen molar-refractivity contribution in [2.75, 3.05) is 26.2 Å². The largest absolute Gasteiger partial charge is 0.486 e. The first-order chi connectivity index (χ1) is 15.0. The first-order valence-corrected chi connectivity index (χ1v) is 11.0. The highest BCUT2D eigenvalue weighted by Crippen LogP contribution is 2.31. The van der Waals surface area contributed by atoms with Gasteiger partial charge in [-0.1, -0.05) is 35.9 Å². The van der Waals surface area contributed by atoms with Gasteiger partial charge >= 0.3 is 0 Å². The Hall–Kier alpha value is -2.32. The third kappa shape index (κ3) is 5.30. The highest BCUT2D eigenvalue weighted by Gasteiger charge is 2.31. The Morgan fingerprint density at radius 1 is 1.16 bits per heavy atom. The molecule has 2 aromatic rings. The van der Waals surface area contributed by atoms with Crippen molar-refractivity contribution in [3.8, 4) is 11.5 Å². The molecule has 2 aromatic carbocycles. The third-order valence-electron chi connectivity index (χ3n) is 5.93. The number of nitrogens with one attached hydrogen (secondary N) is 1. The summed E-state index contributed by atoms with van der Waals surface area (Å²) in [5.41, 5.74) is 6.55. The van der Waals surface area contributed by atoms with Gasteiger partial charge in [0.05, 0.1) is 0 Å². The molecule has 3 unspecified atom stereocenters. The molecular formula is C23H28ClN3O4. The van der Waals surface area contributed by atoms with Crippen molar-refractivity contribution in [1.29, 1.82) is 0 Å². The number of amides is 1. The van der Waals surface area contributed by atoms with Gasteiger partial charge in [-0.15, -0.1) is 0 Å². The maximum absolute atomic E-state index is 12.1. The Balaban J connectivity index is 1.26. The molecule has 2 aliphatic rings. The van der Waals surface area contributed by atoms with Crippen LogP contribution in [0.3, 0.4) is 0 Å². The summed E-state index contributed by atoms with van der Waals surface area (Å²) in [6.45, 7) is 2.21. The van der Waals surface area contributed by atoms with Crippen LogP contribution in [0.25, 0.3) is 0 Å². The normalized spacial score (nSPS) is 21.4. The molecule has 0 aromatic heterocycles. The SMILES string of the molecule is NC(=O)C(c1ccc(Cl)cc1)N1CCC(NCC(O)C2COc3ccccc3O2)CC1. The predicted molar refractivity (Wildman–Crippen MR) is 118 cm³/mol.